The van der Waals surface area contributed by atoms with E-state index in [0.717, 1.165) is 0 Å². The van der Waals surface area contributed by atoms with Crippen LogP contribution in [0.25, 0.3) is 0 Å². The van der Waals surface area contributed by atoms with E-state index in [4.69, 9.17) is 22.4 Å². The van der Waals surface area contributed by atoms with Crippen molar-refractivity contribution in [1.29, 1.82) is 0 Å². The van der Waals surface area contributed by atoms with Gasteiger partial charge in [-0.05, 0) is 12.8 Å². The molecule has 1 fully saturated rings. The van der Waals surface area contributed by atoms with Crippen molar-refractivity contribution >= 4 is 29.1 Å². The minimum atomic E-state index is -0.738. The van der Waals surface area contributed by atoms with Crippen molar-refractivity contribution in [2.24, 2.45) is 5.92 Å². The molecular formula is C10H13ClN4O2. The summed E-state index contributed by atoms with van der Waals surface area (Å²) in [6, 6.07) is 0. The third-order valence-electron chi connectivity index (χ3n) is 2.96. The van der Waals surface area contributed by atoms with Gasteiger partial charge in [-0.25, -0.2) is 9.97 Å². The van der Waals surface area contributed by atoms with E-state index < -0.39 is 5.97 Å². The van der Waals surface area contributed by atoms with Crippen LogP contribution in [0.5, 0.6) is 0 Å². The summed E-state index contributed by atoms with van der Waals surface area (Å²) in [5.74, 6) is -0.419. The normalized spacial score (nSPS) is 17.1. The zero-order valence-electron chi connectivity index (χ0n) is 9.14. The van der Waals surface area contributed by atoms with Crippen molar-refractivity contribution in [2.75, 3.05) is 23.7 Å². The maximum Gasteiger partial charge on any atom is 0.306 e. The molecule has 1 aliphatic heterocycles. The van der Waals surface area contributed by atoms with E-state index in [1.807, 2.05) is 4.90 Å². The third kappa shape index (κ3) is 2.41. The fraction of sp³-hybridized carbons (Fsp3) is 0.500. The average molecular weight is 257 g/mol. The Morgan fingerprint density at radius 2 is 2.12 bits per heavy atom. The minimum Gasteiger partial charge on any atom is -0.481 e. The van der Waals surface area contributed by atoms with E-state index >= 15 is 0 Å². The predicted octanol–water partition coefficient (Wildman–Crippen LogP) is 1.01. The molecule has 0 radical (unpaired) electrons. The molecule has 0 aliphatic carbocycles. The van der Waals surface area contributed by atoms with Gasteiger partial charge in [0, 0.05) is 13.1 Å². The molecule has 0 aromatic carbocycles. The molecule has 6 nitrogen and oxygen atoms in total. The molecule has 17 heavy (non-hydrogen) atoms. The number of nitrogens with two attached hydrogens (primary N) is 1. The monoisotopic (exact) mass is 256 g/mol. The maximum absolute atomic E-state index is 10.8. The van der Waals surface area contributed by atoms with Gasteiger partial charge in [0.2, 0.25) is 0 Å². The van der Waals surface area contributed by atoms with Gasteiger partial charge < -0.3 is 15.7 Å². The van der Waals surface area contributed by atoms with Gasteiger partial charge >= 0.3 is 5.97 Å². The van der Waals surface area contributed by atoms with Crippen LogP contribution in [-0.2, 0) is 4.79 Å². The highest BCUT2D eigenvalue weighted by Crippen LogP contribution is 2.29. The van der Waals surface area contributed by atoms with Crippen LogP contribution in [-0.4, -0.2) is 34.1 Å². The first kappa shape index (κ1) is 11.9. The number of anilines is 2. The number of aromatic nitrogens is 2. The van der Waals surface area contributed by atoms with Gasteiger partial charge in [0.1, 0.15) is 12.0 Å². The van der Waals surface area contributed by atoms with Gasteiger partial charge in [-0.3, -0.25) is 4.79 Å². The molecule has 7 heteroatoms. The number of hydrogen-bond acceptors (Lipinski definition) is 5. The number of halogens is 1. The van der Waals surface area contributed by atoms with E-state index in [9.17, 15) is 4.79 Å². The largest absolute Gasteiger partial charge is 0.481 e. The molecule has 92 valence electrons. The van der Waals surface area contributed by atoms with Crippen LogP contribution in [0.4, 0.5) is 11.5 Å². The Kier molecular flexibility index (Phi) is 3.33. The predicted molar refractivity (Wildman–Crippen MR) is 64.0 cm³/mol. The number of aliphatic carboxylic acids is 1. The van der Waals surface area contributed by atoms with Crippen LogP contribution in [0.3, 0.4) is 0 Å². The highest BCUT2D eigenvalue weighted by Gasteiger charge is 2.26. The first-order valence-corrected chi connectivity index (χ1v) is 5.71. The molecule has 1 aromatic heterocycles. The average Bonchev–Trinajstić information content (AvgIpc) is 2.33. The van der Waals surface area contributed by atoms with E-state index in [1.165, 1.54) is 6.33 Å². The third-order valence-corrected chi connectivity index (χ3v) is 3.26. The van der Waals surface area contributed by atoms with Crippen LogP contribution in [0.1, 0.15) is 12.8 Å². The summed E-state index contributed by atoms with van der Waals surface area (Å²) >= 11 is 5.82. The summed E-state index contributed by atoms with van der Waals surface area (Å²) in [6.45, 7) is 1.24. The van der Waals surface area contributed by atoms with Gasteiger partial charge in [0.25, 0.3) is 0 Å². The Balaban J connectivity index is 2.10. The van der Waals surface area contributed by atoms with Crippen LogP contribution >= 0.6 is 11.6 Å². The zero-order chi connectivity index (χ0) is 12.4. The Morgan fingerprint density at radius 1 is 1.47 bits per heavy atom. The number of carboxylic acid groups (broad SMARTS) is 1. The lowest BCUT2D eigenvalue weighted by Crippen LogP contribution is -2.37. The van der Waals surface area contributed by atoms with E-state index in [-0.39, 0.29) is 11.1 Å². The number of nitrogens with zero attached hydrogens (tertiary/aromatic N) is 3. The van der Waals surface area contributed by atoms with Crippen molar-refractivity contribution in [1.82, 2.24) is 9.97 Å². The second-order valence-electron chi connectivity index (χ2n) is 4.00. The highest BCUT2D eigenvalue weighted by atomic mass is 35.5. The van der Waals surface area contributed by atoms with Crippen LogP contribution in [0.2, 0.25) is 5.15 Å². The van der Waals surface area contributed by atoms with E-state index in [1.54, 1.807) is 0 Å². The molecule has 0 atom stereocenters. The van der Waals surface area contributed by atoms with Crippen molar-refractivity contribution in [3.05, 3.63) is 11.5 Å². The molecule has 0 spiro atoms. The number of carboxylic acids is 1. The number of hydrogen-bond donors (Lipinski definition) is 2. The van der Waals surface area contributed by atoms with Crippen molar-refractivity contribution in [3.8, 4) is 0 Å². The zero-order valence-corrected chi connectivity index (χ0v) is 9.89. The Hall–Kier alpha value is -1.56. The molecule has 0 amide bonds. The summed E-state index contributed by atoms with van der Waals surface area (Å²) in [5.41, 5.74) is 6.14. The van der Waals surface area contributed by atoms with Crippen molar-refractivity contribution in [2.45, 2.75) is 12.8 Å². The van der Waals surface area contributed by atoms with Gasteiger partial charge in [-0.2, -0.15) is 0 Å². The molecule has 3 N–H and O–H groups in total. The highest BCUT2D eigenvalue weighted by molar-refractivity contribution is 6.32. The Bertz CT molecular complexity index is 432. The lowest BCUT2D eigenvalue weighted by atomic mass is 9.97. The lowest BCUT2D eigenvalue weighted by Gasteiger charge is -2.31. The SMILES string of the molecule is Nc1c(Cl)ncnc1N1CCC(C(=O)O)CC1. The lowest BCUT2D eigenvalue weighted by molar-refractivity contribution is -0.142. The van der Waals surface area contributed by atoms with Crippen molar-refractivity contribution in [3.63, 3.8) is 0 Å². The topological polar surface area (TPSA) is 92.3 Å². The maximum atomic E-state index is 10.8. The van der Waals surface area contributed by atoms with E-state index in [0.29, 0.717) is 37.4 Å². The van der Waals surface area contributed by atoms with E-state index in [2.05, 4.69) is 9.97 Å². The number of piperidine rings is 1. The van der Waals surface area contributed by atoms with Crippen LogP contribution in [0.15, 0.2) is 6.33 Å². The Labute approximate surface area is 103 Å². The number of carbonyl (C=O) groups is 1. The molecule has 2 heterocycles. The fourth-order valence-electron chi connectivity index (χ4n) is 1.96. The molecule has 1 aromatic rings. The van der Waals surface area contributed by atoms with Crippen LogP contribution < -0.4 is 10.6 Å². The van der Waals surface area contributed by atoms with Gasteiger partial charge in [-0.1, -0.05) is 11.6 Å². The summed E-state index contributed by atoms with van der Waals surface area (Å²) in [7, 11) is 0. The van der Waals surface area contributed by atoms with Crippen molar-refractivity contribution < 1.29 is 9.90 Å². The second kappa shape index (κ2) is 4.75. The molecule has 1 saturated heterocycles. The number of nitrogen functional groups attached to an aromatic ring is 1. The minimum absolute atomic E-state index is 0.232. The molecule has 1 aliphatic rings. The smallest absolute Gasteiger partial charge is 0.306 e. The second-order valence-corrected chi connectivity index (χ2v) is 4.36. The first-order valence-electron chi connectivity index (χ1n) is 5.33. The fourth-order valence-corrected chi connectivity index (χ4v) is 2.08. The first-order chi connectivity index (χ1) is 8.09. The van der Waals surface area contributed by atoms with Gasteiger partial charge in [-0.15, -0.1) is 0 Å². The summed E-state index contributed by atoms with van der Waals surface area (Å²) in [4.78, 5) is 20.7. The molecule has 0 bridgehead atoms. The molecule has 0 unspecified atom stereocenters. The summed E-state index contributed by atoms with van der Waals surface area (Å²) in [6.07, 6.45) is 2.55. The van der Waals surface area contributed by atoms with Gasteiger partial charge in [0.05, 0.1) is 5.92 Å². The molecular weight excluding hydrogens is 244 g/mol. The molecule has 0 saturated carbocycles. The quantitative estimate of drug-likeness (QED) is 0.768. The summed E-state index contributed by atoms with van der Waals surface area (Å²) in [5, 5.41) is 9.14. The molecule has 2 rings (SSSR count). The Morgan fingerprint density at radius 3 is 2.71 bits per heavy atom. The summed E-state index contributed by atoms with van der Waals surface area (Å²) < 4.78 is 0. The number of rotatable bonds is 2. The van der Waals surface area contributed by atoms with Crippen LogP contribution in [0, 0.1) is 5.92 Å². The standard InChI is InChI=1S/C10H13ClN4O2/c11-8-7(12)9(14-5-13-8)15-3-1-6(2-4-15)10(16)17/h5-6H,1-4,12H2,(H,16,17). The van der Waals surface area contributed by atoms with Gasteiger partial charge in [0.15, 0.2) is 11.0 Å².